The van der Waals surface area contributed by atoms with Gasteiger partial charge < -0.3 is 31.1 Å². The Bertz CT molecular complexity index is 1580. The molecule has 0 aliphatic heterocycles. The number of nitro groups is 1. The smallest absolute Gasteiger partial charge is 0.394 e. The first kappa shape index (κ1) is 33.4. The fourth-order valence-electron chi connectivity index (χ4n) is 6.21. The van der Waals surface area contributed by atoms with Gasteiger partial charge in [-0.15, -0.1) is 0 Å². The molecule has 1 aromatic rings. The van der Waals surface area contributed by atoms with Crippen LogP contribution < -0.4 is 10.6 Å². The number of Topliss-reactive ketones (excluding diaryl/α,β-unsaturated/α-hetero) is 2. The second-order valence-electron chi connectivity index (χ2n) is 10.7. The summed E-state index contributed by atoms with van der Waals surface area (Å²) in [5.41, 5.74) is 1.03. The van der Waals surface area contributed by atoms with Crippen LogP contribution in [0.4, 0.5) is 11.4 Å². The molecule has 1 aromatic carbocycles. The number of aliphatic hydroxyl groups excluding tert-OH is 2. The van der Waals surface area contributed by atoms with Crippen molar-refractivity contribution in [1.82, 2.24) is 4.90 Å². The lowest BCUT2D eigenvalue weighted by atomic mass is 9.57. The molecule has 236 valence electrons. The maximum atomic E-state index is 13.9. The van der Waals surface area contributed by atoms with Crippen molar-refractivity contribution in [2.45, 2.75) is 37.8 Å². The van der Waals surface area contributed by atoms with E-state index >= 15 is 0 Å². The summed E-state index contributed by atoms with van der Waals surface area (Å²) < 4.78 is 31.6. The highest BCUT2D eigenvalue weighted by molar-refractivity contribution is 7.79. The molecule has 4 rings (SSSR count). The van der Waals surface area contributed by atoms with Crippen molar-refractivity contribution in [3.8, 4) is 5.75 Å². The molecule has 2 unspecified atom stereocenters. The Morgan fingerprint density at radius 1 is 1.19 bits per heavy atom. The number of hydrogen-bond donors (Lipinski definition) is 7. The van der Waals surface area contributed by atoms with Crippen molar-refractivity contribution in [3.63, 3.8) is 0 Å². The van der Waals surface area contributed by atoms with E-state index in [0.29, 0.717) is 24.2 Å². The maximum absolute atomic E-state index is 13.9. The Morgan fingerprint density at radius 3 is 2.21 bits per heavy atom. The summed E-state index contributed by atoms with van der Waals surface area (Å²) in [5, 5.41) is 56.4. The Morgan fingerprint density at radius 2 is 1.74 bits per heavy atom. The fourth-order valence-corrected chi connectivity index (χ4v) is 6.21. The average molecular weight is 629 g/mol. The summed E-state index contributed by atoms with van der Waals surface area (Å²) in [5.74, 6) is -8.12. The van der Waals surface area contributed by atoms with Crippen molar-refractivity contribution in [2.75, 3.05) is 32.6 Å². The molecule has 18 heteroatoms. The highest BCUT2D eigenvalue weighted by Gasteiger charge is 2.64. The van der Waals surface area contributed by atoms with Crippen LogP contribution in [-0.2, 0) is 31.2 Å². The Balaban J connectivity index is 0.000000934. The van der Waals surface area contributed by atoms with Crippen LogP contribution in [0.5, 0.6) is 5.75 Å². The van der Waals surface area contributed by atoms with Crippen LogP contribution in [0.25, 0.3) is 5.76 Å². The normalized spacial score (nSPS) is 25.0. The van der Waals surface area contributed by atoms with E-state index in [1.54, 1.807) is 11.9 Å². The van der Waals surface area contributed by atoms with E-state index in [-0.39, 0.29) is 24.0 Å². The summed E-state index contributed by atoms with van der Waals surface area (Å²) in [6.07, 6.45) is 0.675. The lowest BCUT2D eigenvalue weighted by Crippen LogP contribution is -2.65. The number of fused-ring (bicyclic) bond motifs is 3. The predicted molar refractivity (Wildman–Crippen MR) is 149 cm³/mol. The number of amides is 1. The third-order valence-electron chi connectivity index (χ3n) is 7.84. The maximum Gasteiger partial charge on any atom is 0.394 e. The minimum absolute atomic E-state index is 0.0451. The summed E-state index contributed by atoms with van der Waals surface area (Å²) in [4.78, 5) is 53.1. The standard InChI is InChI=1S/C25H30N4O9.H2O4S/c1-5-6-28(4)13-9-14(29(37)38)19(30)16-11(13)7-10-8-12-18(27(2)3)21(32)17(24(26)35)23(34)25(12,36)22(33)15(10)20(16)31;1-5(2,3)4/h9-10,12,18,30-31,34,36H,5-8H2,1-4H3,(H2,26,35);(H2,1,2,3,4)/t10?,12?,18-,25-;/m0./s1. The molecule has 8 N–H and O–H groups in total. The number of carbonyl (C=O) groups is 3. The first-order valence-electron chi connectivity index (χ1n) is 12.8. The van der Waals surface area contributed by atoms with Gasteiger partial charge in [-0.05, 0) is 44.8 Å². The largest absolute Gasteiger partial charge is 0.508 e. The van der Waals surface area contributed by atoms with Gasteiger partial charge in [0, 0.05) is 36.8 Å². The number of hydrogen-bond acceptors (Lipinski definition) is 13. The zero-order valence-electron chi connectivity index (χ0n) is 23.5. The highest BCUT2D eigenvalue weighted by Crippen LogP contribution is 2.54. The summed E-state index contributed by atoms with van der Waals surface area (Å²) >= 11 is 0. The van der Waals surface area contributed by atoms with Gasteiger partial charge >= 0.3 is 16.1 Å². The van der Waals surface area contributed by atoms with Crippen LogP contribution in [-0.4, -0.2) is 105 Å². The van der Waals surface area contributed by atoms with Gasteiger partial charge in [-0.3, -0.25) is 38.5 Å². The number of phenolic OH excluding ortho intramolecular Hbond substituents is 1. The molecule has 3 aliphatic rings. The van der Waals surface area contributed by atoms with Crippen LogP contribution in [0.3, 0.4) is 0 Å². The first-order chi connectivity index (χ1) is 19.7. The molecule has 17 nitrogen and oxygen atoms in total. The van der Waals surface area contributed by atoms with E-state index in [1.807, 2.05) is 6.92 Å². The second-order valence-corrected chi connectivity index (χ2v) is 11.6. The predicted octanol–water partition coefficient (Wildman–Crippen LogP) is 0.0656. The van der Waals surface area contributed by atoms with Crippen LogP contribution in [0.2, 0.25) is 0 Å². The fraction of sp³-hybridized carbons (Fsp3) is 0.480. The summed E-state index contributed by atoms with van der Waals surface area (Å²) in [7, 11) is 0.0713. The number of nitrogens with two attached hydrogens (primary N) is 1. The molecule has 0 aromatic heterocycles. The lowest BCUT2D eigenvalue weighted by molar-refractivity contribution is -0.385. The Labute approximate surface area is 245 Å². The minimum atomic E-state index is -4.67. The van der Waals surface area contributed by atoms with Crippen LogP contribution in [0.1, 0.15) is 30.9 Å². The number of rotatable bonds is 6. The minimum Gasteiger partial charge on any atom is -0.508 e. The van der Waals surface area contributed by atoms with Crippen LogP contribution >= 0.6 is 0 Å². The Hall–Kier alpha value is -4.10. The lowest BCUT2D eigenvalue weighted by Gasteiger charge is -2.50. The number of benzene rings is 1. The second kappa shape index (κ2) is 11.5. The Kier molecular flexibility index (Phi) is 8.96. The molecule has 3 aliphatic carbocycles. The molecule has 0 spiro atoms. The topological polar surface area (TPSA) is 282 Å². The van der Waals surface area contributed by atoms with Gasteiger partial charge in [0.25, 0.3) is 5.91 Å². The molecule has 0 saturated heterocycles. The van der Waals surface area contributed by atoms with E-state index in [9.17, 15) is 44.9 Å². The van der Waals surface area contributed by atoms with Crippen molar-refractivity contribution < 1.29 is 57.3 Å². The van der Waals surface area contributed by atoms with Gasteiger partial charge in [-0.1, -0.05) is 6.92 Å². The number of phenols is 1. The number of primary amides is 1. The molecule has 4 atom stereocenters. The highest BCUT2D eigenvalue weighted by atomic mass is 32.3. The molecule has 1 fully saturated rings. The summed E-state index contributed by atoms with van der Waals surface area (Å²) in [6, 6.07) is 0.0174. The average Bonchev–Trinajstić information content (AvgIpc) is 2.84. The SMILES string of the molecule is CCCN(C)c1cc([N+](=O)[O-])c(O)c2c1CC1CC3[C@H](N(C)C)C(=O)C(C(N)=O)=C(O)[C@@]3(O)C(=O)C1=C2O.O=S(=O)(O)O. The molecular formula is C25H32N4O13S. The number of aromatic hydroxyl groups is 1. The number of likely N-dealkylation sites (N-methyl/N-ethyl adjacent to an activating group) is 1. The van der Waals surface area contributed by atoms with Crippen molar-refractivity contribution in [3.05, 3.63) is 44.2 Å². The quantitative estimate of drug-likeness (QED) is 0.0949. The van der Waals surface area contributed by atoms with Crippen molar-refractivity contribution in [1.29, 1.82) is 0 Å². The van der Waals surface area contributed by atoms with Gasteiger partial charge in [0.05, 0.1) is 16.5 Å². The number of anilines is 1. The van der Waals surface area contributed by atoms with Gasteiger partial charge in [-0.2, -0.15) is 8.42 Å². The number of carbonyl (C=O) groups excluding carboxylic acids is 3. The molecule has 43 heavy (non-hydrogen) atoms. The van der Waals surface area contributed by atoms with Crippen molar-refractivity contribution in [2.24, 2.45) is 17.6 Å². The molecule has 1 amide bonds. The number of aliphatic hydroxyl groups is 3. The zero-order valence-corrected chi connectivity index (χ0v) is 24.3. The van der Waals surface area contributed by atoms with E-state index in [0.717, 1.165) is 0 Å². The van der Waals surface area contributed by atoms with Crippen LogP contribution in [0.15, 0.2) is 23.0 Å². The van der Waals surface area contributed by atoms with Crippen molar-refractivity contribution >= 4 is 45.0 Å². The zero-order chi connectivity index (χ0) is 32.9. The molecular weight excluding hydrogens is 596 g/mol. The van der Waals surface area contributed by atoms with Gasteiger partial charge in [0.1, 0.15) is 17.1 Å². The number of ketones is 2. The monoisotopic (exact) mass is 628 g/mol. The molecule has 1 saturated carbocycles. The van der Waals surface area contributed by atoms with Gasteiger partial charge in [0.15, 0.2) is 11.4 Å². The third-order valence-corrected chi connectivity index (χ3v) is 7.84. The molecule has 0 heterocycles. The molecule has 0 bridgehead atoms. The number of nitro benzene ring substituents is 1. The van der Waals surface area contributed by atoms with E-state index in [4.69, 9.17) is 23.3 Å². The van der Waals surface area contributed by atoms with Gasteiger partial charge in [0.2, 0.25) is 11.5 Å². The van der Waals surface area contributed by atoms with E-state index in [1.165, 1.54) is 25.1 Å². The molecule has 0 radical (unpaired) electrons. The third kappa shape index (κ3) is 5.66. The first-order valence-corrected chi connectivity index (χ1v) is 14.2. The van der Waals surface area contributed by atoms with E-state index < -0.39 is 84.8 Å². The summed E-state index contributed by atoms with van der Waals surface area (Å²) in [6.45, 7) is 2.42. The van der Waals surface area contributed by atoms with E-state index in [2.05, 4.69) is 0 Å². The van der Waals surface area contributed by atoms with Crippen LogP contribution in [0, 0.1) is 22.0 Å². The number of nitrogens with zero attached hydrogens (tertiary/aromatic N) is 3. The van der Waals surface area contributed by atoms with Gasteiger partial charge in [-0.25, -0.2) is 0 Å².